The Hall–Kier alpha value is -1.22. The Morgan fingerprint density at radius 1 is 1.44 bits per heavy atom. The molecule has 18 heavy (non-hydrogen) atoms. The molecule has 0 aliphatic rings. The largest absolute Gasteiger partial charge is 0.391 e. The molecule has 0 saturated heterocycles. The molecule has 0 aromatic carbocycles. The zero-order valence-electron chi connectivity index (χ0n) is 9.48. The Morgan fingerprint density at radius 3 is 2.89 bits per heavy atom. The van der Waals surface area contributed by atoms with Crippen LogP contribution in [0.4, 0.5) is 0 Å². The first-order chi connectivity index (χ1) is 8.62. The van der Waals surface area contributed by atoms with Crippen molar-refractivity contribution in [3.8, 4) is 0 Å². The molecule has 2 aromatic heterocycles. The topological polar surface area (TPSA) is 84.2 Å². The molecule has 6 nitrogen and oxygen atoms in total. The van der Waals surface area contributed by atoms with Gasteiger partial charge in [0.2, 0.25) is 10.0 Å². The van der Waals surface area contributed by atoms with Crippen molar-refractivity contribution in [2.24, 2.45) is 0 Å². The van der Waals surface area contributed by atoms with Crippen molar-refractivity contribution in [2.45, 2.75) is 17.4 Å². The molecule has 0 spiro atoms. The second-order valence-corrected chi connectivity index (χ2v) is 6.71. The molecular formula is C10H13N3O3S2. The maximum Gasteiger partial charge on any atom is 0.250 e. The highest BCUT2D eigenvalue weighted by atomic mass is 32.2. The lowest BCUT2D eigenvalue weighted by molar-refractivity contribution is 0.285. The van der Waals surface area contributed by atoms with E-state index in [1.54, 1.807) is 29.2 Å². The average Bonchev–Trinajstić information content (AvgIpc) is 2.99. The molecule has 0 bridgehead atoms. The number of aromatic nitrogens is 2. The summed E-state index contributed by atoms with van der Waals surface area (Å²) in [6.07, 6.45) is 3.41. The monoisotopic (exact) mass is 287 g/mol. The molecular weight excluding hydrogens is 274 g/mol. The number of hydrogen-bond acceptors (Lipinski definition) is 5. The van der Waals surface area contributed by atoms with Crippen molar-refractivity contribution in [3.63, 3.8) is 0 Å². The van der Waals surface area contributed by atoms with E-state index in [9.17, 15) is 8.42 Å². The van der Waals surface area contributed by atoms with Crippen LogP contribution >= 0.6 is 11.3 Å². The highest BCUT2D eigenvalue weighted by molar-refractivity contribution is 7.91. The van der Waals surface area contributed by atoms with E-state index in [2.05, 4.69) is 9.82 Å². The molecule has 0 fully saturated rings. The summed E-state index contributed by atoms with van der Waals surface area (Å²) in [7, 11) is -3.49. The minimum Gasteiger partial charge on any atom is -0.391 e. The fraction of sp³-hybridized carbons (Fsp3) is 0.300. The van der Waals surface area contributed by atoms with E-state index in [-0.39, 0.29) is 17.4 Å². The van der Waals surface area contributed by atoms with Crippen molar-refractivity contribution in [2.75, 3.05) is 6.54 Å². The summed E-state index contributed by atoms with van der Waals surface area (Å²) in [5, 5.41) is 12.9. The summed E-state index contributed by atoms with van der Waals surface area (Å²) in [4.78, 5) is 0.627. The summed E-state index contributed by atoms with van der Waals surface area (Å²) in [5.74, 6) is 0. The quantitative estimate of drug-likeness (QED) is 0.806. The lowest BCUT2D eigenvalue weighted by Crippen LogP contribution is -2.26. The van der Waals surface area contributed by atoms with Crippen LogP contribution in [-0.2, 0) is 23.2 Å². The number of thiophene rings is 1. The summed E-state index contributed by atoms with van der Waals surface area (Å²) >= 11 is 1.06. The predicted molar refractivity (Wildman–Crippen MR) is 67.7 cm³/mol. The average molecular weight is 287 g/mol. The zero-order valence-corrected chi connectivity index (χ0v) is 11.1. The second-order valence-electron chi connectivity index (χ2n) is 3.55. The van der Waals surface area contributed by atoms with Crippen molar-refractivity contribution in [3.05, 3.63) is 35.5 Å². The molecule has 2 heterocycles. The van der Waals surface area contributed by atoms with Crippen LogP contribution in [-0.4, -0.2) is 29.8 Å². The predicted octanol–water partition coefficient (Wildman–Crippen LogP) is 0.415. The van der Waals surface area contributed by atoms with Crippen LogP contribution in [0.5, 0.6) is 0 Å². The van der Waals surface area contributed by atoms with Gasteiger partial charge in [0, 0.05) is 23.8 Å². The van der Waals surface area contributed by atoms with Crippen molar-refractivity contribution < 1.29 is 13.5 Å². The number of hydrogen-bond donors (Lipinski definition) is 2. The highest BCUT2D eigenvalue weighted by Crippen LogP contribution is 2.21. The van der Waals surface area contributed by atoms with Gasteiger partial charge in [-0.25, -0.2) is 13.1 Å². The maximum atomic E-state index is 11.9. The zero-order chi connectivity index (χ0) is 13.0. The first kappa shape index (κ1) is 13.2. The molecule has 0 radical (unpaired) electrons. The molecule has 2 aromatic rings. The third-order valence-electron chi connectivity index (χ3n) is 2.25. The molecule has 98 valence electrons. The van der Waals surface area contributed by atoms with Crippen LogP contribution in [0, 0.1) is 0 Å². The van der Waals surface area contributed by atoms with Crippen molar-refractivity contribution >= 4 is 21.4 Å². The highest BCUT2D eigenvalue weighted by Gasteiger charge is 2.15. The lowest BCUT2D eigenvalue weighted by atomic mass is 10.5. The molecule has 8 heteroatoms. The SMILES string of the molecule is O=S(=O)(NCCn1cccn1)c1ccc(CO)s1. The van der Waals surface area contributed by atoms with Crippen LogP contribution in [0.1, 0.15) is 4.88 Å². The molecule has 0 unspecified atom stereocenters. The Balaban J connectivity index is 1.95. The van der Waals surface area contributed by atoms with Gasteiger partial charge in [0.25, 0.3) is 0 Å². The normalized spacial score (nSPS) is 11.8. The Bertz CT molecular complexity index is 590. The molecule has 2 N–H and O–H groups in total. The molecule has 0 aliphatic heterocycles. The number of rotatable bonds is 6. The Morgan fingerprint density at radius 2 is 2.28 bits per heavy atom. The molecule has 0 amide bonds. The van der Waals surface area contributed by atoms with Crippen LogP contribution in [0.25, 0.3) is 0 Å². The third kappa shape index (κ3) is 3.16. The number of aliphatic hydroxyl groups excluding tert-OH is 1. The standard InChI is InChI=1S/C10H13N3O3S2/c14-8-9-2-3-10(17-9)18(15,16)12-5-7-13-6-1-4-11-13/h1-4,6,12,14H,5,7-8H2. The van der Waals surface area contributed by atoms with E-state index in [0.717, 1.165) is 11.3 Å². The molecule has 2 rings (SSSR count). The van der Waals surface area contributed by atoms with E-state index in [4.69, 9.17) is 5.11 Å². The first-order valence-electron chi connectivity index (χ1n) is 5.28. The summed E-state index contributed by atoms with van der Waals surface area (Å²) < 4.78 is 28.1. The smallest absolute Gasteiger partial charge is 0.250 e. The van der Waals surface area contributed by atoms with Crippen molar-refractivity contribution in [1.29, 1.82) is 0 Å². The van der Waals surface area contributed by atoms with Gasteiger partial charge in [-0.15, -0.1) is 11.3 Å². The fourth-order valence-electron chi connectivity index (χ4n) is 1.39. The van der Waals surface area contributed by atoms with Gasteiger partial charge in [-0.3, -0.25) is 4.68 Å². The number of nitrogens with zero attached hydrogens (tertiary/aromatic N) is 2. The van der Waals surface area contributed by atoms with Gasteiger partial charge in [-0.1, -0.05) is 0 Å². The van der Waals surface area contributed by atoms with Crippen LogP contribution in [0.3, 0.4) is 0 Å². The van der Waals surface area contributed by atoms with Crippen LogP contribution < -0.4 is 4.72 Å². The Kier molecular flexibility index (Phi) is 4.12. The minimum absolute atomic E-state index is 0.145. The summed E-state index contributed by atoms with van der Waals surface area (Å²) in [5.41, 5.74) is 0. The summed E-state index contributed by atoms with van der Waals surface area (Å²) in [6, 6.07) is 4.88. The molecule has 0 aliphatic carbocycles. The van der Waals surface area contributed by atoms with Gasteiger partial charge in [0.1, 0.15) is 4.21 Å². The van der Waals surface area contributed by atoms with Gasteiger partial charge < -0.3 is 5.11 Å². The lowest BCUT2D eigenvalue weighted by Gasteiger charge is -2.04. The number of aliphatic hydroxyl groups is 1. The van der Waals surface area contributed by atoms with Gasteiger partial charge in [0.15, 0.2) is 0 Å². The van der Waals surface area contributed by atoms with E-state index < -0.39 is 10.0 Å². The second kappa shape index (κ2) is 5.61. The maximum absolute atomic E-state index is 11.9. The Labute approximate surface area is 109 Å². The van der Waals surface area contributed by atoms with E-state index in [0.29, 0.717) is 11.4 Å². The fourth-order valence-corrected chi connectivity index (χ4v) is 3.67. The van der Waals surface area contributed by atoms with E-state index in [1.807, 2.05) is 0 Å². The van der Waals surface area contributed by atoms with Gasteiger partial charge in [-0.2, -0.15) is 5.10 Å². The van der Waals surface area contributed by atoms with E-state index in [1.165, 1.54) is 6.07 Å². The number of sulfonamides is 1. The molecule has 0 atom stereocenters. The van der Waals surface area contributed by atoms with E-state index >= 15 is 0 Å². The molecule has 0 saturated carbocycles. The van der Waals surface area contributed by atoms with Crippen LogP contribution in [0.2, 0.25) is 0 Å². The third-order valence-corrected chi connectivity index (χ3v) is 5.27. The van der Waals surface area contributed by atoms with Crippen LogP contribution in [0.15, 0.2) is 34.8 Å². The minimum atomic E-state index is -3.49. The van der Waals surface area contributed by atoms with Gasteiger partial charge in [0.05, 0.1) is 13.2 Å². The van der Waals surface area contributed by atoms with Gasteiger partial charge in [-0.05, 0) is 18.2 Å². The first-order valence-corrected chi connectivity index (χ1v) is 7.58. The van der Waals surface area contributed by atoms with Crippen molar-refractivity contribution in [1.82, 2.24) is 14.5 Å². The number of nitrogens with one attached hydrogen (secondary N) is 1. The summed E-state index contributed by atoms with van der Waals surface area (Å²) in [6.45, 7) is 0.605. The van der Waals surface area contributed by atoms with Gasteiger partial charge >= 0.3 is 0 Å².